The van der Waals surface area contributed by atoms with Gasteiger partial charge < -0.3 is 4.52 Å². The molecular formula is C19H23N5O. The highest BCUT2D eigenvalue weighted by Crippen LogP contribution is 2.33. The first-order valence-electron chi connectivity index (χ1n) is 8.72. The Hall–Kier alpha value is -2.47. The first-order valence-corrected chi connectivity index (χ1v) is 8.72. The molecular weight excluding hydrogens is 314 g/mol. The molecule has 130 valence electrons. The predicted octanol–water partition coefficient (Wildman–Crippen LogP) is 3.29. The van der Waals surface area contributed by atoms with Crippen LogP contribution in [-0.4, -0.2) is 31.9 Å². The lowest BCUT2D eigenvalue weighted by Crippen LogP contribution is -2.27. The van der Waals surface area contributed by atoms with Crippen LogP contribution in [0.15, 0.2) is 35.0 Å². The number of aromatic nitrogens is 4. The topological polar surface area (TPSA) is 60.0 Å². The Morgan fingerprint density at radius 2 is 2.24 bits per heavy atom. The van der Waals surface area contributed by atoms with E-state index in [0.29, 0.717) is 24.3 Å². The number of fused-ring (bicyclic) bond motifs is 1. The summed E-state index contributed by atoms with van der Waals surface area (Å²) in [6.45, 7) is 2.70. The fourth-order valence-electron chi connectivity index (χ4n) is 3.68. The summed E-state index contributed by atoms with van der Waals surface area (Å²) >= 11 is 0. The molecule has 1 unspecified atom stereocenters. The highest BCUT2D eigenvalue weighted by molar-refractivity contribution is 5.55. The number of benzene rings is 1. The van der Waals surface area contributed by atoms with Gasteiger partial charge in [-0.05, 0) is 39.3 Å². The number of hydrogen-bond acceptors (Lipinski definition) is 5. The van der Waals surface area contributed by atoms with E-state index in [1.54, 1.807) is 0 Å². The molecule has 4 rings (SSSR count). The summed E-state index contributed by atoms with van der Waals surface area (Å²) in [5, 5.41) is 8.57. The molecule has 2 heterocycles. The van der Waals surface area contributed by atoms with Gasteiger partial charge in [-0.15, -0.1) is 0 Å². The third kappa shape index (κ3) is 3.09. The van der Waals surface area contributed by atoms with E-state index in [-0.39, 0.29) is 0 Å². The van der Waals surface area contributed by atoms with Crippen molar-refractivity contribution in [2.24, 2.45) is 7.05 Å². The fourth-order valence-corrected chi connectivity index (χ4v) is 3.68. The van der Waals surface area contributed by atoms with Crippen LogP contribution in [0.4, 0.5) is 0 Å². The Labute approximate surface area is 147 Å². The third-order valence-electron chi connectivity index (χ3n) is 5.01. The number of nitrogens with zero attached hydrogens (tertiary/aromatic N) is 5. The van der Waals surface area contributed by atoms with Gasteiger partial charge in [0.2, 0.25) is 11.7 Å². The van der Waals surface area contributed by atoms with Crippen LogP contribution >= 0.6 is 0 Å². The van der Waals surface area contributed by atoms with Crippen LogP contribution in [0.3, 0.4) is 0 Å². The molecule has 0 N–H and O–H groups in total. The Bertz CT molecular complexity index is 882. The SMILES string of the molecule is Cc1cccc(-c2noc(CN(C)C3CCCc4c3cnn4C)n2)c1. The Morgan fingerprint density at radius 1 is 1.36 bits per heavy atom. The van der Waals surface area contributed by atoms with Gasteiger partial charge in [0, 0.05) is 29.9 Å². The first kappa shape index (κ1) is 16.0. The molecule has 1 aromatic carbocycles. The molecule has 0 amide bonds. The number of hydrogen-bond donors (Lipinski definition) is 0. The normalized spacial score (nSPS) is 17.0. The van der Waals surface area contributed by atoms with E-state index < -0.39 is 0 Å². The van der Waals surface area contributed by atoms with Gasteiger partial charge in [0.25, 0.3) is 0 Å². The monoisotopic (exact) mass is 337 g/mol. The molecule has 6 nitrogen and oxygen atoms in total. The summed E-state index contributed by atoms with van der Waals surface area (Å²) in [7, 11) is 4.14. The van der Waals surface area contributed by atoms with E-state index in [0.717, 1.165) is 18.4 Å². The Kier molecular flexibility index (Phi) is 4.13. The number of rotatable bonds is 4. The summed E-state index contributed by atoms with van der Waals surface area (Å²) < 4.78 is 7.49. The van der Waals surface area contributed by atoms with Crippen molar-refractivity contribution in [2.75, 3.05) is 7.05 Å². The maximum Gasteiger partial charge on any atom is 0.241 e. The van der Waals surface area contributed by atoms with Gasteiger partial charge in [-0.1, -0.05) is 28.9 Å². The highest BCUT2D eigenvalue weighted by atomic mass is 16.5. The summed E-state index contributed by atoms with van der Waals surface area (Å²) in [6, 6.07) is 8.51. The van der Waals surface area contributed by atoms with Crippen LogP contribution < -0.4 is 0 Å². The van der Waals surface area contributed by atoms with E-state index in [4.69, 9.17) is 4.52 Å². The van der Waals surface area contributed by atoms with E-state index >= 15 is 0 Å². The lowest BCUT2D eigenvalue weighted by atomic mass is 9.92. The quantitative estimate of drug-likeness (QED) is 0.731. The minimum Gasteiger partial charge on any atom is -0.338 e. The maximum absolute atomic E-state index is 5.49. The van der Waals surface area contributed by atoms with Crippen molar-refractivity contribution in [2.45, 2.75) is 38.8 Å². The molecule has 2 aromatic heterocycles. The van der Waals surface area contributed by atoms with Gasteiger partial charge in [-0.25, -0.2) is 0 Å². The summed E-state index contributed by atoms with van der Waals surface area (Å²) in [6.07, 6.45) is 5.42. The molecule has 6 heteroatoms. The van der Waals surface area contributed by atoms with Crippen LogP contribution in [-0.2, 0) is 20.0 Å². The van der Waals surface area contributed by atoms with Crippen LogP contribution in [0.5, 0.6) is 0 Å². The van der Waals surface area contributed by atoms with E-state index in [2.05, 4.69) is 46.2 Å². The van der Waals surface area contributed by atoms with Crippen LogP contribution in [0, 0.1) is 6.92 Å². The van der Waals surface area contributed by atoms with Crippen molar-refractivity contribution in [3.05, 3.63) is 53.2 Å². The predicted molar refractivity (Wildman–Crippen MR) is 94.8 cm³/mol. The number of aryl methyl sites for hydroxylation is 2. The van der Waals surface area contributed by atoms with Crippen LogP contribution in [0.1, 0.15) is 41.6 Å². The van der Waals surface area contributed by atoms with Crippen molar-refractivity contribution in [3.63, 3.8) is 0 Å². The van der Waals surface area contributed by atoms with Crippen molar-refractivity contribution in [3.8, 4) is 11.4 Å². The third-order valence-corrected chi connectivity index (χ3v) is 5.01. The molecule has 1 atom stereocenters. The minimum absolute atomic E-state index is 0.353. The first-order chi connectivity index (χ1) is 12.1. The second-order valence-corrected chi connectivity index (χ2v) is 6.87. The van der Waals surface area contributed by atoms with Gasteiger partial charge in [0.15, 0.2) is 0 Å². The van der Waals surface area contributed by atoms with Crippen molar-refractivity contribution in [1.29, 1.82) is 0 Å². The second kappa shape index (κ2) is 6.44. The average molecular weight is 337 g/mol. The molecule has 1 aliphatic carbocycles. The van der Waals surface area contributed by atoms with Crippen molar-refractivity contribution >= 4 is 0 Å². The van der Waals surface area contributed by atoms with E-state index in [1.807, 2.05) is 30.1 Å². The standard InChI is InChI=1S/C19H23N5O/c1-13-6-4-7-14(10-13)19-21-18(25-22-19)12-23(2)16-8-5-9-17-15(16)11-20-24(17)3/h4,6-7,10-11,16H,5,8-9,12H2,1-3H3. The molecule has 3 aromatic rings. The zero-order chi connectivity index (χ0) is 17.4. The highest BCUT2D eigenvalue weighted by Gasteiger charge is 2.27. The molecule has 0 fully saturated rings. The van der Waals surface area contributed by atoms with Gasteiger partial charge in [0.1, 0.15) is 0 Å². The van der Waals surface area contributed by atoms with Crippen LogP contribution in [0.2, 0.25) is 0 Å². The van der Waals surface area contributed by atoms with E-state index in [9.17, 15) is 0 Å². The van der Waals surface area contributed by atoms with Crippen LogP contribution in [0.25, 0.3) is 11.4 Å². The summed E-state index contributed by atoms with van der Waals surface area (Å²) in [5.41, 5.74) is 4.85. The van der Waals surface area contributed by atoms with E-state index in [1.165, 1.54) is 23.2 Å². The molecule has 0 spiro atoms. The molecule has 0 saturated heterocycles. The fraction of sp³-hybridized carbons (Fsp3) is 0.421. The summed E-state index contributed by atoms with van der Waals surface area (Å²) in [5.74, 6) is 1.30. The largest absolute Gasteiger partial charge is 0.338 e. The maximum atomic E-state index is 5.49. The second-order valence-electron chi connectivity index (χ2n) is 6.87. The molecule has 0 bridgehead atoms. The Balaban J connectivity index is 1.51. The molecule has 0 radical (unpaired) electrons. The molecule has 0 saturated carbocycles. The molecule has 1 aliphatic rings. The lowest BCUT2D eigenvalue weighted by Gasteiger charge is -2.30. The zero-order valence-electron chi connectivity index (χ0n) is 14.9. The van der Waals surface area contributed by atoms with Gasteiger partial charge in [0.05, 0.1) is 12.7 Å². The average Bonchev–Trinajstić information content (AvgIpc) is 3.22. The zero-order valence-corrected chi connectivity index (χ0v) is 14.9. The van der Waals surface area contributed by atoms with Gasteiger partial charge in [-0.3, -0.25) is 9.58 Å². The van der Waals surface area contributed by atoms with Gasteiger partial charge >= 0.3 is 0 Å². The van der Waals surface area contributed by atoms with Gasteiger partial charge in [-0.2, -0.15) is 10.1 Å². The molecule has 25 heavy (non-hydrogen) atoms. The lowest BCUT2D eigenvalue weighted by molar-refractivity contribution is 0.186. The smallest absolute Gasteiger partial charge is 0.241 e. The molecule has 0 aliphatic heterocycles. The minimum atomic E-state index is 0.353. The van der Waals surface area contributed by atoms with Crippen molar-refractivity contribution < 1.29 is 4.52 Å². The van der Waals surface area contributed by atoms with Crippen molar-refractivity contribution in [1.82, 2.24) is 24.8 Å². The summed E-state index contributed by atoms with van der Waals surface area (Å²) in [4.78, 5) is 6.86. The Morgan fingerprint density at radius 3 is 3.08 bits per heavy atom.